The van der Waals surface area contributed by atoms with E-state index in [1.165, 1.54) is 0 Å². The van der Waals surface area contributed by atoms with Crippen LogP contribution in [0.2, 0.25) is 0 Å². The Morgan fingerprint density at radius 3 is 2.25 bits per heavy atom. The molecule has 0 atom stereocenters. The minimum absolute atomic E-state index is 0.169. The van der Waals surface area contributed by atoms with Gasteiger partial charge in [-0.05, 0) is 92.0 Å². The van der Waals surface area contributed by atoms with Crippen molar-refractivity contribution >= 4 is 37.2 Å². The van der Waals surface area contributed by atoms with E-state index in [0.29, 0.717) is 35.9 Å². The molecule has 2 aromatic carbocycles. The zero-order chi connectivity index (χ0) is 26.8. The molecule has 0 bridgehead atoms. The first-order chi connectivity index (χ1) is 16.8. The first kappa shape index (κ1) is 27.3. The van der Waals surface area contributed by atoms with E-state index in [4.69, 9.17) is 0 Å². The summed E-state index contributed by atoms with van der Waals surface area (Å²) in [5.41, 5.74) is 4.44. The number of rotatable bonds is 7. The standard InChI is InChI=1S/C25H28N2O7S2/c1-5-26-20-9-7-17(11-15(20)3)25(18-8-10-21(27-6-2)16(4)12-18)19-13-22(28)24(36(32,33)34)14-23(19)35(29,30)31/h7-14,26,28H,5-6H2,1-4H3,(H,29,30,31)(H,32,33,34)/p-1. The maximum Gasteiger partial charge on any atom is 0.295 e. The van der Waals surface area contributed by atoms with Crippen molar-refractivity contribution in [3.05, 3.63) is 76.4 Å². The number of aromatic hydroxyl groups is 1. The number of allylic oxidation sites excluding steroid dienone is 5. The number of anilines is 1. The first-order valence-corrected chi connectivity index (χ1v) is 13.9. The molecule has 0 amide bonds. The molecule has 0 fully saturated rings. The van der Waals surface area contributed by atoms with Crippen molar-refractivity contribution in [2.45, 2.75) is 37.5 Å². The molecule has 9 nitrogen and oxygen atoms in total. The predicted molar refractivity (Wildman–Crippen MR) is 138 cm³/mol. The molecule has 0 unspecified atom stereocenters. The van der Waals surface area contributed by atoms with Crippen molar-refractivity contribution in [2.75, 3.05) is 18.4 Å². The molecule has 0 aliphatic heterocycles. The first-order valence-electron chi connectivity index (χ1n) is 11.1. The quantitative estimate of drug-likeness (QED) is 0.452. The second-order valence-electron chi connectivity index (χ2n) is 8.16. The Bertz CT molecular complexity index is 1550. The molecule has 0 saturated carbocycles. The summed E-state index contributed by atoms with van der Waals surface area (Å²) in [5.74, 6) is -0.930. The molecule has 2 aromatic rings. The summed E-state index contributed by atoms with van der Waals surface area (Å²) in [5, 5.41) is 13.6. The third-order valence-electron chi connectivity index (χ3n) is 5.57. The number of nitrogens with one attached hydrogen (secondary N) is 1. The van der Waals surface area contributed by atoms with Crippen LogP contribution in [0.25, 0.3) is 5.57 Å². The van der Waals surface area contributed by atoms with Crippen LogP contribution in [0.5, 0.6) is 5.75 Å². The van der Waals surface area contributed by atoms with Crippen molar-refractivity contribution in [3.63, 3.8) is 0 Å². The molecule has 1 aliphatic rings. The Balaban J connectivity index is 2.46. The topological polar surface area (TPSA) is 156 Å². The van der Waals surface area contributed by atoms with E-state index >= 15 is 0 Å². The predicted octanol–water partition coefficient (Wildman–Crippen LogP) is 4.06. The molecule has 0 heterocycles. The van der Waals surface area contributed by atoms with Gasteiger partial charge < -0.3 is 15.0 Å². The molecule has 0 saturated heterocycles. The van der Waals surface area contributed by atoms with Gasteiger partial charge in [-0.1, -0.05) is 12.1 Å². The van der Waals surface area contributed by atoms with Crippen LogP contribution in [0.3, 0.4) is 0 Å². The third-order valence-corrected chi connectivity index (χ3v) is 7.33. The van der Waals surface area contributed by atoms with E-state index < -0.39 is 35.8 Å². The number of hydrogen-bond donors (Lipinski definition) is 3. The molecule has 3 rings (SSSR count). The summed E-state index contributed by atoms with van der Waals surface area (Å²) in [6, 6.07) is 6.71. The van der Waals surface area contributed by atoms with Crippen molar-refractivity contribution in [2.24, 2.45) is 4.99 Å². The lowest BCUT2D eigenvalue weighted by molar-refractivity contribution is 0.434. The monoisotopic (exact) mass is 531 g/mol. The second-order valence-corrected chi connectivity index (χ2v) is 10.9. The van der Waals surface area contributed by atoms with Crippen molar-refractivity contribution in [1.82, 2.24) is 0 Å². The van der Waals surface area contributed by atoms with Gasteiger partial charge in [-0.15, -0.1) is 0 Å². The molecule has 1 aliphatic carbocycles. The summed E-state index contributed by atoms with van der Waals surface area (Å²) in [7, 11) is -10.2. The number of phenolic OH excluding ortho intramolecular Hbond substituents is 1. The van der Waals surface area contributed by atoms with Gasteiger partial charge in [0, 0.05) is 24.3 Å². The minimum Gasteiger partial charge on any atom is -0.744 e. The van der Waals surface area contributed by atoms with Crippen LogP contribution in [-0.2, 0) is 20.2 Å². The van der Waals surface area contributed by atoms with Gasteiger partial charge in [-0.2, -0.15) is 8.42 Å². The van der Waals surface area contributed by atoms with E-state index in [9.17, 15) is 31.0 Å². The highest BCUT2D eigenvalue weighted by Gasteiger charge is 2.26. The highest BCUT2D eigenvalue weighted by molar-refractivity contribution is 7.86. The second kappa shape index (κ2) is 10.4. The van der Waals surface area contributed by atoms with Gasteiger partial charge in [-0.25, -0.2) is 8.42 Å². The summed E-state index contributed by atoms with van der Waals surface area (Å²) >= 11 is 0. The van der Waals surface area contributed by atoms with Crippen LogP contribution in [0.15, 0.2) is 74.5 Å². The molecule has 0 aromatic heterocycles. The van der Waals surface area contributed by atoms with Crippen LogP contribution in [0, 0.1) is 6.92 Å². The lowest BCUT2D eigenvalue weighted by atomic mass is 9.88. The number of benzene rings is 2. The van der Waals surface area contributed by atoms with Crippen molar-refractivity contribution in [1.29, 1.82) is 0 Å². The maximum atomic E-state index is 12.4. The summed E-state index contributed by atoms with van der Waals surface area (Å²) in [4.78, 5) is 2.44. The number of nitrogens with zero attached hydrogens (tertiary/aromatic N) is 1. The molecule has 0 spiro atoms. The maximum absolute atomic E-state index is 12.4. The van der Waals surface area contributed by atoms with Crippen molar-refractivity contribution < 1.29 is 31.0 Å². The van der Waals surface area contributed by atoms with Gasteiger partial charge in [0.2, 0.25) is 0 Å². The van der Waals surface area contributed by atoms with Crippen LogP contribution < -0.4 is 5.32 Å². The van der Waals surface area contributed by atoms with Crippen LogP contribution in [0.4, 0.5) is 5.69 Å². The Morgan fingerprint density at radius 1 is 1.03 bits per heavy atom. The fraction of sp³-hybridized carbons (Fsp3) is 0.240. The molecular weight excluding hydrogens is 504 g/mol. The fourth-order valence-electron chi connectivity index (χ4n) is 4.00. The Labute approximate surface area is 211 Å². The van der Waals surface area contributed by atoms with Crippen molar-refractivity contribution in [3.8, 4) is 5.75 Å². The minimum atomic E-state index is -5.23. The van der Waals surface area contributed by atoms with Gasteiger partial charge in [0.1, 0.15) is 20.8 Å². The van der Waals surface area contributed by atoms with E-state index in [1.807, 2.05) is 33.8 Å². The average Bonchev–Trinajstić information content (AvgIpc) is 2.76. The number of phenols is 1. The van der Waals surface area contributed by atoms with E-state index in [-0.39, 0.29) is 5.56 Å². The molecule has 36 heavy (non-hydrogen) atoms. The lowest BCUT2D eigenvalue weighted by Crippen LogP contribution is -2.10. The Hall–Kier alpha value is -3.25. The molecule has 11 heteroatoms. The molecule has 3 N–H and O–H groups in total. The highest BCUT2D eigenvalue weighted by Crippen LogP contribution is 2.39. The average molecular weight is 532 g/mol. The van der Waals surface area contributed by atoms with E-state index in [1.54, 1.807) is 30.4 Å². The van der Waals surface area contributed by atoms with Crippen LogP contribution >= 0.6 is 0 Å². The zero-order valence-electron chi connectivity index (χ0n) is 20.2. The highest BCUT2D eigenvalue weighted by atomic mass is 32.2. The van der Waals surface area contributed by atoms with Gasteiger partial charge in [0.05, 0.1) is 10.6 Å². The number of aryl methyl sites for hydroxylation is 1. The largest absolute Gasteiger partial charge is 0.744 e. The SMILES string of the molecule is CCN=C1C=CC(=C(c2ccc(NCC)c(C)c2)c2cc(O)c(S(=O)(=O)[O-])cc2S(=O)(=O)O)C=C1C. The third kappa shape index (κ3) is 5.76. The van der Waals surface area contributed by atoms with Gasteiger partial charge in [0.25, 0.3) is 10.1 Å². The van der Waals surface area contributed by atoms with Crippen LogP contribution in [-0.4, -0.2) is 49.8 Å². The smallest absolute Gasteiger partial charge is 0.295 e. The Kier molecular flexibility index (Phi) is 7.89. The van der Waals surface area contributed by atoms with E-state index in [2.05, 4.69) is 10.3 Å². The molecule has 192 valence electrons. The Morgan fingerprint density at radius 2 is 1.72 bits per heavy atom. The zero-order valence-corrected chi connectivity index (χ0v) is 21.9. The van der Waals surface area contributed by atoms with Gasteiger partial charge in [0.15, 0.2) is 0 Å². The molecule has 0 radical (unpaired) electrons. The number of aliphatic imine (C=N–C) groups is 1. The van der Waals surface area contributed by atoms with Crippen LogP contribution in [0.1, 0.15) is 37.5 Å². The summed E-state index contributed by atoms with van der Waals surface area (Å²) < 4.78 is 69.6. The fourth-order valence-corrected chi connectivity index (χ4v) is 5.36. The van der Waals surface area contributed by atoms with Gasteiger partial charge >= 0.3 is 0 Å². The summed E-state index contributed by atoms with van der Waals surface area (Å²) in [6.07, 6.45) is 5.26. The lowest BCUT2D eigenvalue weighted by Gasteiger charge is -2.20. The molecular formula is C25H27N2O7S2-. The normalized spacial score (nSPS) is 16.7. The number of hydrogen-bond acceptors (Lipinski definition) is 8. The summed E-state index contributed by atoms with van der Waals surface area (Å²) in [6.45, 7) is 8.79. The van der Waals surface area contributed by atoms with E-state index in [0.717, 1.165) is 28.6 Å². The van der Waals surface area contributed by atoms with Gasteiger partial charge in [-0.3, -0.25) is 9.55 Å².